The Hall–Kier alpha value is 4.45. The second kappa shape index (κ2) is 19.1. The van der Waals surface area contributed by atoms with Gasteiger partial charge in [0.1, 0.15) is 0 Å². The molecule has 0 atom stereocenters. The van der Waals surface area contributed by atoms with Crippen LogP contribution in [0.5, 0.6) is 0 Å². The van der Waals surface area contributed by atoms with Crippen LogP contribution in [0.3, 0.4) is 0 Å². The first-order valence-electron chi connectivity index (χ1n) is 0.894. The van der Waals surface area contributed by atoms with Crippen LogP contribution in [0.4, 0.5) is 0 Å². The molecule has 6 N–H and O–H groups in total. The van der Waals surface area contributed by atoms with E-state index in [9.17, 15) is 0 Å². The van der Waals surface area contributed by atoms with Crippen LogP contribution in [0.2, 0.25) is 0 Å². The standard InChI is InChI=1S/Al.Ca.K.Na.H4O4Si.H2O.7H/c;;;;1-5(2,3)4;;;;;;;;/h;;;;1-4H;1H2;;;;;;;/q;+2;2*+1;;;;;;4*-1. The second-order valence-corrected chi connectivity index (χ2v) is 1.80. The van der Waals surface area contributed by atoms with Gasteiger partial charge >= 0.3 is 128 Å². The van der Waals surface area contributed by atoms with Gasteiger partial charge in [0.25, 0.3) is 0 Å². The molecule has 0 bridgehead atoms. The smallest absolute Gasteiger partial charge is 1.00 e. The van der Waals surface area contributed by atoms with Crippen LogP contribution in [-0.4, -0.2) is 88.8 Å². The zero-order valence-electron chi connectivity index (χ0n) is 9.50. The fourth-order valence-corrected chi connectivity index (χ4v) is 0. The predicted octanol–water partition coefficient (Wildman–Crippen LogP) is -10.5. The van der Waals surface area contributed by atoms with Crippen LogP contribution in [0.1, 0.15) is 5.71 Å². The van der Waals surface area contributed by atoms with Crippen molar-refractivity contribution in [2.75, 3.05) is 0 Å². The normalized spacial score (nSPS) is 6.00. The second-order valence-electron chi connectivity index (χ2n) is 0.600. The van der Waals surface area contributed by atoms with E-state index in [2.05, 4.69) is 0 Å². The van der Waals surface area contributed by atoms with Crippen molar-refractivity contribution in [1.29, 1.82) is 0 Å². The first-order chi connectivity index (χ1) is 2.00. The van der Waals surface area contributed by atoms with Gasteiger partial charge in [-0.3, -0.25) is 0 Å². The van der Waals surface area contributed by atoms with Crippen LogP contribution in [-0.2, 0) is 0 Å². The largest absolute Gasteiger partial charge is 2.00 e. The van der Waals surface area contributed by atoms with Gasteiger partial charge in [-0.25, -0.2) is 0 Å². The Labute approximate surface area is 171 Å². The minimum absolute atomic E-state index is 0. The van der Waals surface area contributed by atoms with Crippen LogP contribution < -0.4 is 80.9 Å². The summed E-state index contributed by atoms with van der Waals surface area (Å²) in [6.07, 6.45) is 0. The molecule has 0 heterocycles. The third-order valence-corrected chi connectivity index (χ3v) is 0. The molecule has 0 aromatic heterocycles. The monoisotopic (exact) mass is 250 g/mol. The fraction of sp³-hybridized carbons (Fsp3) is 0. The van der Waals surface area contributed by atoms with Crippen molar-refractivity contribution in [3.8, 4) is 0 Å². The summed E-state index contributed by atoms with van der Waals surface area (Å²) in [6.45, 7) is 0. The summed E-state index contributed by atoms with van der Waals surface area (Å²) >= 11 is 0. The van der Waals surface area contributed by atoms with Crippen LogP contribution in [0, 0.1) is 0 Å². The van der Waals surface area contributed by atoms with Gasteiger partial charge in [-0.15, -0.1) is 0 Å². The molecule has 10 heavy (non-hydrogen) atoms. The van der Waals surface area contributed by atoms with Gasteiger partial charge in [0.2, 0.25) is 0 Å². The maximum Gasteiger partial charge on any atom is 2.00 e. The van der Waals surface area contributed by atoms with Crippen molar-refractivity contribution >= 4 is 64.1 Å². The van der Waals surface area contributed by atoms with Gasteiger partial charge < -0.3 is 30.4 Å². The molecule has 0 aromatic rings. The van der Waals surface area contributed by atoms with Crippen molar-refractivity contribution in [3.05, 3.63) is 0 Å². The van der Waals surface area contributed by atoms with Gasteiger partial charge in [0, 0.05) is 0 Å². The van der Waals surface area contributed by atoms with Crippen LogP contribution >= 0.6 is 0 Å². The van der Waals surface area contributed by atoms with E-state index in [1.807, 2.05) is 0 Å². The Morgan fingerprint density at radius 2 is 1.00 bits per heavy atom. The van der Waals surface area contributed by atoms with E-state index in [4.69, 9.17) is 19.2 Å². The van der Waals surface area contributed by atoms with Crippen LogP contribution in [0.15, 0.2) is 0 Å². The molecule has 0 fully saturated rings. The van der Waals surface area contributed by atoms with Gasteiger partial charge in [0.15, 0.2) is 17.4 Å². The molecule has 0 unspecified atom stereocenters. The first-order valence-corrected chi connectivity index (χ1v) is 2.68. The van der Waals surface area contributed by atoms with Crippen molar-refractivity contribution in [3.63, 3.8) is 0 Å². The molecule has 0 saturated heterocycles. The quantitative estimate of drug-likeness (QED) is 0.320. The van der Waals surface area contributed by atoms with E-state index in [0.717, 1.165) is 0 Å². The summed E-state index contributed by atoms with van der Waals surface area (Å²) in [5, 5.41) is 0. The van der Waals surface area contributed by atoms with Gasteiger partial charge in [-0.05, 0) is 0 Å². The fourth-order valence-electron chi connectivity index (χ4n) is 0. The Balaban J connectivity index is -0.00000000222. The molecule has 54 valence electrons. The molecule has 0 aliphatic carbocycles. The molecule has 0 saturated carbocycles. The number of hydrogen-bond acceptors (Lipinski definition) is 4. The predicted molar refractivity (Wildman–Crippen MR) is 38.4 cm³/mol. The average Bonchev–Trinajstić information content (AvgIpc) is 0.722. The van der Waals surface area contributed by atoms with Gasteiger partial charge in [-0.2, -0.15) is 0 Å². The zero-order valence-corrected chi connectivity index (χ0v) is 13.8. The summed E-state index contributed by atoms with van der Waals surface area (Å²) < 4.78 is 0. The van der Waals surface area contributed by atoms with Crippen LogP contribution in [0.25, 0.3) is 0 Å². The maximum absolute atomic E-state index is 7.33. The van der Waals surface area contributed by atoms with E-state index in [1.54, 1.807) is 0 Å². The SMILES string of the molecule is O.O[Si](O)(O)O.[AlH3].[Ca+2].[H-].[H-].[H-].[H-].[K+].[Na+]. The Bertz CT molecular complexity index is 49.2. The Morgan fingerprint density at radius 3 is 1.00 bits per heavy atom. The number of rotatable bonds is 0. The number of hydrogen-bond donors (Lipinski definition) is 4. The van der Waals surface area contributed by atoms with E-state index in [0.29, 0.717) is 0 Å². The molecule has 0 amide bonds. The topological polar surface area (TPSA) is 112 Å². The minimum Gasteiger partial charge on any atom is -1.00 e. The molecular formula is H13AlCaKNaO5Si. The summed E-state index contributed by atoms with van der Waals surface area (Å²) in [5.74, 6) is 0. The van der Waals surface area contributed by atoms with E-state index < -0.39 is 9.05 Å². The summed E-state index contributed by atoms with van der Waals surface area (Å²) in [4.78, 5) is 29.3. The Kier molecular flexibility index (Phi) is 69.9. The summed E-state index contributed by atoms with van der Waals surface area (Å²) in [7, 11) is -4.61. The van der Waals surface area contributed by atoms with Crippen molar-refractivity contribution in [1.82, 2.24) is 0 Å². The molecule has 5 nitrogen and oxygen atoms in total. The maximum atomic E-state index is 7.33. The molecule has 0 aliphatic heterocycles. The third-order valence-electron chi connectivity index (χ3n) is 0. The van der Waals surface area contributed by atoms with Crippen molar-refractivity contribution in [2.24, 2.45) is 0 Å². The molecule has 0 radical (unpaired) electrons. The van der Waals surface area contributed by atoms with E-state index in [1.165, 1.54) is 0 Å². The molecule has 10 heteroatoms. The van der Waals surface area contributed by atoms with E-state index in [-0.39, 0.29) is 147 Å². The molecule has 0 aliphatic rings. The molecular weight excluding hydrogens is 237 g/mol. The van der Waals surface area contributed by atoms with Gasteiger partial charge in [-0.1, -0.05) is 0 Å². The summed E-state index contributed by atoms with van der Waals surface area (Å²) in [5.41, 5.74) is 0. The third kappa shape index (κ3) is 82.5. The Morgan fingerprint density at radius 1 is 1.00 bits per heavy atom. The zero-order chi connectivity index (χ0) is 4.50. The van der Waals surface area contributed by atoms with Crippen molar-refractivity contribution in [2.45, 2.75) is 0 Å². The minimum atomic E-state index is -4.61. The summed E-state index contributed by atoms with van der Waals surface area (Å²) in [6, 6.07) is 0. The van der Waals surface area contributed by atoms with Crippen molar-refractivity contribution < 1.29 is 111 Å². The first kappa shape index (κ1) is 36.6. The molecule has 0 rings (SSSR count). The molecule has 0 aromatic carbocycles. The van der Waals surface area contributed by atoms with Gasteiger partial charge in [0.05, 0.1) is 0 Å². The van der Waals surface area contributed by atoms with E-state index >= 15 is 0 Å². The average molecular weight is 250 g/mol. The molecule has 0 spiro atoms.